The highest BCUT2D eigenvalue weighted by molar-refractivity contribution is 14.1. The first-order valence-electron chi connectivity index (χ1n) is 8.11. The van der Waals surface area contributed by atoms with E-state index in [1.807, 2.05) is 12.1 Å². The first-order valence-corrected chi connectivity index (χ1v) is 9.19. The van der Waals surface area contributed by atoms with Gasteiger partial charge in [0.25, 0.3) is 5.91 Å². The average Bonchev–Trinajstić information content (AvgIpc) is 2.68. The van der Waals surface area contributed by atoms with E-state index in [1.165, 1.54) is 18.3 Å². The van der Waals surface area contributed by atoms with Crippen LogP contribution in [0, 0.1) is 9.39 Å². The molecule has 0 bridgehead atoms. The molecule has 0 spiro atoms. The number of ether oxygens (including phenoxy) is 2. The zero-order chi connectivity index (χ0) is 19.1. The number of nitrogens with zero attached hydrogens (tertiary/aromatic N) is 1. The predicted octanol–water partition coefficient (Wildman–Crippen LogP) is 4.31. The SMILES string of the molecule is O=C(COc1ccc(I)cc1)NCc1ccc(Oc2cccnc2)c(F)c1. The molecule has 1 heterocycles. The van der Waals surface area contributed by atoms with Gasteiger partial charge >= 0.3 is 0 Å². The Kier molecular flexibility index (Phi) is 6.59. The van der Waals surface area contributed by atoms with Crippen molar-refractivity contribution in [2.75, 3.05) is 6.61 Å². The van der Waals surface area contributed by atoms with Crippen LogP contribution in [0.2, 0.25) is 0 Å². The molecule has 0 aliphatic rings. The van der Waals surface area contributed by atoms with E-state index in [9.17, 15) is 9.18 Å². The van der Waals surface area contributed by atoms with E-state index in [1.54, 1.807) is 36.5 Å². The first kappa shape index (κ1) is 19.1. The van der Waals surface area contributed by atoms with Crippen LogP contribution in [-0.4, -0.2) is 17.5 Å². The number of amides is 1. The lowest BCUT2D eigenvalue weighted by Crippen LogP contribution is -2.28. The summed E-state index contributed by atoms with van der Waals surface area (Å²) in [7, 11) is 0. The van der Waals surface area contributed by atoms with Gasteiger partial charge in [-0.15, -0.1) is 0 Å². The Morgan fingerprint density at radius 2 is 1.93 bits per heavy atom. The fourth-order valence-corrected chi connectivity index (χ4v) is 2.56. The summed E-state index contributed by atoms with van der Waals surface area (Å²) >= 11 is 2.19. The van der Waals surface area contributed by atoms with E-state index >= 15 is 0 Å². The van der Waals surface area contributed by atoms with Crippen LogP contribution in [0.1, 0.15) is 5.56 Å². The van der Waals surface area contributed by atoms with Crippen molar-refractivity contribution in [3.8, 4) is 17.2 Å². The minimum atomic E-state index is -0.513. The van der Waals surface area contributed by atoms with Crippen molar-refractivity contribution < 1.29 is 18.7 Å². The van der Waals surface area contributed by atoms with Gasteiger partial charge in [0, 0.05) is 16.3 Å². The van der Waals surface area contributed by atoms with Gasteiger partial charge in [0.2, 0.25) is 0 Å². The molecule has 5 nitrogen and oxygen atoms in total. The standard InChI is InChI=1S/C20H16FIN2O3/c21-18-10-14(3-8-19(18)27-17-2-1-9-23-12-17)11-24-20(25)13-26-16-6-4-15(22)5-7-16/h1-10,12H,11,13H2,(H,24,25). The number of rotatable bonds is 7. The third kappa shape index (κ3) is 5.92. The number of carbonyl (C=O) groups is 1. The summed E-state index contributed by atoms with van der Waals surface area (Å²) in [6.45, 7) is 0.0876. The Hall–Kier alpha value is -2.68. The average molecular weight is 478 g/mol. The number of halogens is 2. The first-order chi connectivity index (χ1) is 13.1. The number of nitrogens with one attached hydrogen (secondary N) is 1. The zero-order valence-corrected chi connectivity index (χ0v) is 16.4. The Bertz CT molecular complexity index is 905. The molecule has 0 radical (unpaired) electrons. The van der Waals surface area contributed by atoms with Crippen molar-refractivity contribution in [3.05, 3.63) is 81.9 Å². The molecule has 3 aromatic rings. The Balaban J connectivity index is 1.49. The van der Waals surface area contributed by atoms with Gasteiger partial charge in [0.15, 0.2) is 18.2 Å². The van der Waals surface area contributed by atoms with E-state index in [-0.39, 0.29) is 24.8 Å². The molecule has 0 saturated heterocycles. The Labute approximate surface area is 169 Å². The maximum absolute atomic E-state index is 14.2. The molecule has 1 amide bonds. The van der Waals surface area contributed by atoms with Crippen LogP contribution in [0.15, 0.2) is 67.0 Å². The highest BCUT2D eigenvalue weighted by atomic mass is 127. The maximum atomic E-state index is 14.2. The van der Waals surface area contributed by atoms with Crippen LogP contribution in [-0.2, 0) is 11.3 Å². The number of aromatic nitrogens is 1. The van der Waals surface area contributed by atoms with Crippen LogP contribution in [0.25, 0.3) is 0 Å². The summed E-state index contributed by atoms with van der Waals surface area (Å²) in [5.74, 6) is 0.365. The lowest BCUT2D eigenvalue weighted by Gasteiger charge is -2.10. The van der Waals surface area contributed by atoms with E-state index < -0.39 is 5.82 Å². The van der Waals surface area contributed by atoms with Gasteiger partial charge in [0.1, 0.15) is 11.5 Å². The predicted molar refractivity (Wildman–Crippen MR) is 107 cm³/mol. The Morgan fingerprint density at radius 3 is 2.63 bits per heavy atom. The van der Waals surface area contributed by atoms with Crippen LogP contribution in [0.3, 0.4) is 0 Å². The summed E-state index contributed by atoms with van der Waals surface area (Å²) in [6.07, 6.45) is 3.11. The van der Waals surface area contributed by atoms with Crippen molar-refractivity contribution in [2.24, 2.45) is 0 Å². The smallest absolute Gasteiger partial charge is 0.258 e. The number of carbonyl (C=O) groups excluding carboxylic acids is 1. The van der Waals surface area contributed by atoms with Gasteiger partial charge < -0.3 is 14.8 Å². The van der Waals surface area contributed by atoms with Gasteiger partial charge in [0.05, 0.1) is 6.20 Å². The molecular formula is C20H16FIN2O3. The molecule has 0 aliphatic heterocycles. The van der Waals surface area contributed by atoms with Crippen LogP contribution < -0.4 is 14.8 Å². The second kappa shape index (κ2) is 9.31. The minimum absolute atomic E-state index is 0.0973. The van der Waals surface area contributed by atoms with Crippen LogP contribution in [0.4, 0.5) is 4.39 Å². The number of benzene rings is 2. The largest absolute Gasteiger partial charge is 0.484 e. The molecule has 0 unspecified atom stereocenters. The molecule has 27 heavy (non-hydrogen) atoms. The molecule has 0 fully saturated rings. The summed E-state index contributed by atoms with van der Waals surface area (Å²) in [4.78, 5) is 15.8. The molecule has 0 saturated carbocycles. The molecule has 1 aromatic heterocycles. The second-order valence-corrected chi connectivity index (χ2v) is 6.82. The highest BCUT2D eigenvalue weighted by Crippen LogP contribution is 2.24. The number of pyridine rings is 1. The summed E-state index contributed by atoms with van der Waals surface area (Å²) in [5, 5.41) is 2.69. The van der Waals surface area contributed by atoms with Crippen molar-refractivity contribution in [1.82, 2.24) is 10.3 Å². The van der Waals surface area contributed by atoms with Gasteiger partial charge in [-0.25, -0.2) is 4.39 Å². The third-order valence-corrected chi connectivity index (χ3v) is 4.25. The van der Waals surface area contributed by atoms with E-state index in [4.69, 9.17) is 9.47 Å². The van der Waals surface area contributed by atoms with E-state index in [0.717, 1.165) is 3.57 Å². The van der Waals surface area contributed by atoms with Gasteiger partial charge in [-0.2, -0.15) is 0 Å². The summed E-state index contributed by atoms with van der Waals surface area (Å²) in [6, 6.07) is 15.3. The number of hydrogen-bond acceptors (Lipinski definition) is 4. The highest BCUT2D eigenvalue weighted by Gasteiger charge is 2.08. The van der Waals surface area contributed by atoms with Gasteiger partial charge in [-0.3, -0.25) is 9.78 Å². The van der Waals surface area contributed by atoms with Gasteiger partial charge in [-0.05, 0) is 76.7 Å². The number of hydrogen-bond donors (Lipinski definition) is 1. The van der Waals surface area contributed by atoms with Crippen LogP contribution >= 0.6 is 22.6 Å². The third-order valence-electron chi connectivity index (χ3n) is 3.53. The molecule has 7 heteroatoms. The summed E-state index contributed by atoms with van der Waals surface area (Å²) in [5.41, 5.74) is 0.619. The lowest BCUT2D eigenvalue weighted by atomic mass is 10.2. The molecule has 3 rings (SSSR count). The van der Waals surface area contributed by atoms with E-state index in [0.29, 0.717) is 17.1 Å². The van der Waals surface area contributed by atoms with Gasteiger partial charge in [-0.1, -0.05) is 6.07 Å². The maximum Gasteiger partial charge on any atom is 0.258 e. The molecule has 0 atom stereocenters. The summed E-state index contributed by atoms with van der Waals surface area (Å²) < 4.78 is 26.1. The monoisotopic (exact) mass is 478 g/mol. The minimum Gasteiger partial charge on any atom is -0.484 e. The second-order valence-electron chi connectivity index (χ2n) is 5.57. The normalized spacial score (nSPS) is 10.3. The van der Waals surface area contributed by atoms with Crippen molar-refractivity contribution >= 4 is 28.5 Å². The Morgan fingerprint density at radius 1 is 1.11 bits per heavy atom. The van der Waals surface area contributed by atoms with Crippen molar-refractivity contribution in [3.63, 3.8) is 0 Å². The molecular weight excluding hydrogens is 462 g/mol. The van der Waals surface area contributed by atoms with Crippen molar-refractivity contribution in [2.45, 2.75) is 6.54 Å². The van der Waals surface area contributed by atoms with Crippen LogP contribution in [0.5, 0.6) is 17.2 Å². The fraction of sp³-hybridized carbons (Fsp3) is 0.100. The lowest BCUT2D eigenvalue weighted by molar-refractivity contribution is -0.123. The zero-order valence-electron chi connectivity index (χ0n) is 14.2. The van der Waals surface area contributed by atoms with E-state index in [2.05, 4.69) is 32.9 Å². The molecule has 1 N–H and O–H groups in total. The quantitative estimate of drug-likeness (QED) is 0.515. The fourth-order valence-electron chi connectivity index (χ4n) is 2.20. The molecule has 0 aliphatic carbocycles. The molecule has 138 valence electrons. The topological polar surface area (TPSA) is 60.5 Å². The molecule has 2 aromatic carbocycles. The van der Waals surface area contributed by atoms with Crippen molar-refractivity contribution in [1.29, 1.82) is 0 Å².